The van der Waals surface area contributed by atoms with Gasteiger partial charge in [0.15, 0.2) is 5.76 Å². The van der Waals surface area contributed by atoms with Crippen LogP contribution in [-0.2, 0) is 20.6 Å². The van der Waals surface area contributed by atoms with E-state index in [0.717, 1.165) is 31.2 Å². The highest BCUT2D eigenvalue weighted by Crippen LogP contribution is 2.33. The van der Waals surface area contributed by atoms with E-state index in [-0.39, 0.29) is 43.1 Å². The van der Waals surface area contributed by atoms with Crippen molar-refractivity contribution in [3.05, 3.63) is 46.8 Å². The third-order valence-corrected chi connectivity index (χ3v) is 6.75. The number of nitrogens with one attached hydrogen (secondary N) is 2. The molecular weight excluding hydrogens is 462 g/mol. The summed E-state index contributed by atoms with van der Waals surface area (Å²) in [6.07, 6.45) is 3.20. The van der Waals surface area contributed by atoms with Crippen LogP contribution in [0.4, 0.5) is 10.5 Å². The normalized spacial score (nSPS) is 25.4. The van der Waals surface area contributed by atoms with Crippen LogP contribution in [0.25, 0.3) is 0 Å². The van der Waals surface area contributed by atoms with Crippen molar-refractivity contribution in [1.29, 1.82) is 0 Å². The first-order chi connectivity index (χ1) is 17.5. The van der Waals surface area contributed by atoms with Gasteiger partial charge in [0.05, 0.1) is 37.1 Å². The van der Waals surface area contributed by atoms with Gasteiger partial charge < -0.3 is 34.5 Å². The second-order valence-corrected chi connectivity index (χ2v) is 9.38. The van der Waals surface area contributed by atoms with Crippen molar-refractivity contribution >= 4 is 11.7 Å². The number of aliphatic hydroxyl groups is 1. The molecule has 2 saturated heterocycles. The molecule has 3 N–H and O–H groups in total. The van der Waals surface area contributed by atoms with Gasteiger partial charge >= 0.3 is 6.03 Å². The Hall–Kier alpha value is -2.90. The highest BCUT2D eigenvalue weighted by Gasteiger charge is 2.42. The number of aromatic nitrogens is 1. The van der Waals surface area contributed by atoms with Gasteiger partial charge in [-0.15, -0.1) is 0 Å². The predicted molar refractivity (Wildman–Crippen MR) is 134 cm³/mol. The summed E-state index contributed by atoms with van der Waals surface area (Å²) in [6, 6.07) is 7.58. The van der Waals surface area contributed by atoms with E-state index < -0.39 is 0 Å². The molecule has 1 aromatic carbocycles. The number of carbonyl (C=O) groups is 1. The number of anilines is 1. The molecule has 0 saturated carbocycles. The summed E-state index contributed by atoms with van der Waals surface area (Å²) in [5, 5.41) is 19.4. The van der Waals surface area contributed by atoms with E-state index in [0.29, 0.717) is 30.2 Å². The zero-order chi connectivity index (χ0) is 25.5. The molecule has 194 valence electrons. The molecule has 2 amide bonds. The molecule has 5 atom stereocenters. The number of aliphatic hydroxyl groups excluding tert-OH is 1. The van der Waals surface area contributed by atoms with Crippen LogP contribution in [0.2, 0.25) is 0 Å². The van der Waals surface area contributed by atoms with Gasteiger partial charge in [0, 0.05) is 12.7 Å². The molecule has 1 aromatic heterocycles. The molecular formula is C27H35N3O6. The Bertz CT molecular complexity index is 1050. The fourth-order valence-electron chi connectivity index (χ4n) is 4.83. The van der Waals surface area contributed by atoms with Crippen LogP contribution in [0, 0.1) is 25.7 Å². The monoisotopic (exact) mass is 497 g/mol. The van der Waals surface area contributed by atoms with Crippen molar-refractivity contribution in [3.63, 3.8) is 0 Å². The number of urea groups is 1. The van der Waals surface area contributed by atoms with Gasteiger partial charge in [0.25, 0.3) is 0 Å². The molecule has 2 aliphatic heterocycles. The Labute approximate surface area is 211 Å². The molecule has 0 bridgehead atoms. The Morgan fingerprint density at radius 1 is 1.19 bits per heavy atom. The number of carbonyl (C=O) groups excluding carboxylic acids is 1. The summed E-state index contributed by atoms with van der Waals surface area (Å²) in [4.78, 5) is 12.9. The first kappa shape index (κ1) is 26.2. The first-order valence-electron chi connectivity index (χ1n) is 12.5. The highest BCUT2D eigenvalue weighted by atomic mass is 16.6. The molecule has 36 heavy (non-hydrogen) atoms. The maximum atomic E-state index is 12.9. The van der Waals surface area contributed by atoms with Crippen LogP contribution in [0.15, 0.2) is 28.8 Å². The van der Waals surface area contributed by atoms with Gasteiger partial charge in [-0.2, -0.15) is 0 Å². The minimum absolute atomic E-state index is 0.0108. The molecule has 0 unspecified atom stereocenters. The topological polar surface area (TPSA) is 115 Å². The van der Waals surface area contributed by atoms with Gasteiger partial charge in [0.1, 0.15) is 18.0 Å². The fourth-order valence-corrected chi connectivity index (χ4v) is 4.83. The van der Waals surface area contributed by atoms with Gasteiger partial charge in [-0.1, -0.05) is 29.1 Å². The molecule has 2 aromatic rings. The minimum atomic E-state index is -0.338. The summed E-state index contributed by atoms with van der Waals surface area (Å²) in [6.45, 7) is 3.93. The van der Waals surface area contributed by atoms with Gasteiger partial charge in [-0.3, -0.25) is 0 Å². The molecule has 9 nitrogen and oxygen atoms in total. The molecule has 0 aliphatic carbocycles. The van der Waals surface area contributed by atoms with Crippen LogP contribution < -0.4 is 10.6 Å². The van der Waals surface area contributed by atoms with E-state index in [1.54, 1.807) is 21.0 Å². The number of fused-ring (bicyclic) bond motifs is 1. The third kappa shape index (κ3) is 6.65. The lowest BCUT2D eigenvalue weighted by molar-refractivity contribution is -0.201. The lowest BCUT2D eigenvalue weighted by Crippen LogP contribution is -2.58. The highest BCUT2D eigenvalue weighted by molar-refractivity contribution is 5.90. The summed E-state index contributed by atoms with van der Waals surface area (Å²) < 4.78 is 22.7. The molecule has 0 spiro atoms. The maximum Gasteiger partial charge on any atom is 0.319 e. The molecule has 3 heterocycles. The van der Waals surface area contributed by atoms with Crippen molar-refractivity contribution in [2.75, 3.05) is 25.6 Å². The van der Waals surface area contributed by atoms with Crippen LogP contribution in [0.1, 0.15) is 48.3 Å². The van der Waals surface area contributed by atoms with Crippen LogP contribution in [-0.4, -0.2) is 67.1 Å². The fraction of sp³-hybridized carbons (Fsp3) is 0.556. The zero-order valence-corrected chi connectivity index (χ0v) is 21.1. The van der Waals surface area contributed by atoms with E-state index in [1.165, 1.54) is 5.56 Å². The van der Waals surface area contributed by atoms with Crippen molar-refractivity contribution < 1.29 is 28.6 Å². The van der Waals surface area contributed by atoms with Crippen LogP contribution >= 0.6 is 0 Å². The lowest BCUT2D eigenvalue weighted by Gasteiger charge is -2.45. The van der Waals surface area contributed by atoms with Crippen molar-refractivity contribution in [1.82, 2.24) is 10.5 Å². The van der Waals surface area contributed by atoms with E-state index in [2.05, 4.69) is 39.8 Å². The van der Waals surface area contributed by atoms with E-state index in [1.807, 2.05) is 12.1 Å². The van der Waals surface area contributed by atoms with Crippen molar-refractivity contribution in [2.24, 2.45) is 0 Å². The number of hydrogen-bond acceptors (Lipinski definition) is 7. The number of nitrogens with zero attached hydrogens (tertiary/aromatic N) is 1. The summed E-state index contributed by atoms with van der Waals surface area (Å²) in [5.41, 5.74) is 3.32. The van der Waals surface area contributed by atoms with E-state index in [9.17, 15) is 9.90 Å². The number of benzene rings is 1. The third-order valence-electron chi connectivity index (χ3n) is 6.75. The van der Waals surface area contributed by atoms with Gasteiger partial charge in [-0.05, 0) is 63.6 Å². The Morgan fingerprint density at radius 2 is 2.00 bits per heavy atom. The lowest BCUT2D eigenvalue weighted by atomic mass is 9.88. The molecule has 2 aliphatic rings. The second-order valence-electron chi connectivity index (χ2n) is 9.38. The number of methoxy groups -OCH3 is 1. The average molecular weight is 498 g/mol. The summed E-state index contributed by atoms with van der Waals surface area (Å²) >= 11 is 0. The smallest absolute Gasteiger partial charge is 0.319 e. The van der Waals surface area contributed by atoms with Crippen LogP contribution in [0.3, 0.4) is 0 Å². The number of hydrogen-bond donors (Lipinski definition) is 3. The molecule has 4 rings (SSSR count). The molecule has 2 fully saturated rings. The summed E-state index contributed by atoms with van der Waals surface area (Å²) in [5.74, 6) is 6.59. The quantitative estimate of drug-likeness (QED) is 0.504. The standard InChI is InChI=1S/C27H35N3O6/c1-17-26(18(2)36-30-17)29-27(32)28-22-15-25-24(13-11-21(16-31)34-25)35-23(22)12-10-20-8-6-19(7-9-20)5-4-14-33-3/h6-9,21-25,31H,10-16H2,1-3H3,(H2,28,29,32)/t21-,22+,23+,24-,25-/m0/s1. The second kappa shape index (κ2) is 12.4. The van der Waals surface area contributed by atoms with E-state index in [4.69, 9.17) is 18.7 Å². The van der Waals surface area contributed by atoms with Crippen molar-refractivity contribution in [3.8, 4) is 11.8 Å². The Morgan fingerprint density at radius 3 is 2.69 bits per heavy atom. The van der Waals surface area contributed by atoms with E-state index >= 15 is 0 Å². The number of ether oxygens (including phenoxy) is 3. The predicted octanol–water partition coefficient (Wildman–Crippen LogP) is 3.11. The molecule has 0 radical (unpaired) electrons. The first-order valence-corrected chi connectivity index (χ1v) is 12.5. The number of rotatable bonds is 7. The van der Waals surface area contributed by atoms with Gasteiger partial charge in [-0.25, -0.2) is 4.79 Å². The number of aryl methyl sites for hydroxylation is 3. The molecule has 9 heteroatoms. The van der Waals surface area contributed by atoms with Crippen LogP contribution in [0.5, 0.6) is 0 Å². The SMILES string of the molecule is COCC#Cc1ccc(CC[C@H]2O[C@H]3CC[C@@H](CO)O[C@H]3C[C@H]2NC(=O)Nc2c(C)noc2C)cc1. The average Bonchev–Trinajstić information content (AvgIpc) is 3.20. The Balaban J connectivity index is 1.41. The van der Waals surface area contributed by atoms with Gasteiger partial charge in [0.2, 0.25) is 0 Å². The largest absolute Gasteiger partial charge is 0.394 e. The zero-order valence-electron chi connectivity index (χ0n) is 21.1. The number of amides is 2. The minimum Gasteiger partial charge on any atom is -0.394 e. The maximum absolute atomic E-state index is 12.9. The van der Waals surface area contributed by atoms with Crippen molar-refractivity contribution in [2.45, 2.75) is 76.4 Å². The summed E-state index contributed by atoms with van der Waals surface area (Å²) in [7, 11) is 1.63. The Kier molecular flexibility index (Phi) is 8.99.